The SMILES string of the molecule is CCc1nc2n(c1C(=O)O)CCN2c1ccc(C(C)C)cc1Br.FC(F)(F)CNCC1CC1. The van der Waals surface area contributed by atoms with Crippen molar-refractivity contribution in [2.24, 2.45) is 5.92 Å². The first-order valence-corrected chi connectivity index (χ1v) is 12.0. The Morgan fingerprint density at radius 3 is 2.52 bits per heavy atom. The molecule has 0 atom stereocenters. The van der Waals surface area contributed by atoms with Crippen molar-refractivity contribution in [1.82, 2.24) is 14.9 Å². The van der Waals surface area contributed by atoms with E-state index in [1.54, 1.807) is 0 Å². The largest absolute Gasteiger partial charge is 0.477 e. The molecule has 0 saturated heterocycles. The number of carboxylic acids is 1. The quantitative estimate of drug-likeness (QED) is 0.478. The van der Waals surface area contributed by atoms with E-state index in [4.69, 9.17) is 0 Å². The van der Waals surface area contributed by atoms with Crippen LogP contribution in [-0.2, 0) is 13.0 Å². The minimum absolute atomic E-state index is 0.319. The first-order valence-electron chi connectivity index (χ1n) is 11.2. The van der Waals surface area contributed by atoms with Crippen molar-refractivity contribution in [2.45, 2.75) is 58.7 Å². The Hall–Kier alpha value is -2.07. The summed E-state index contributed by atoms with van der Waals surface area (Å²) in [6, 6.07) is 6.33. The normalized spacial score (nSPS) is 15.5. The number of alkyl halides is 3. The summed E-state index contributed by atoms with van der Waals surface area (Å²) >= 11 is 3.65. The molecular formula is C23H30BrF3N4O2. The lowest BCUT2D eigenvalue weighted by atomic mass is 10.0. The highest BCUT2D eigenvalue weighted by Crippen LogP contribution is 2.37. The van der Waals surface area contributed by atoms with Gasteiger partial charge in [0, 0.05) is 17.6 Å². The zero-order valence-corrected chi connectivity index (χ0v) is 20.6. The fraction of sp³-hybridized carbons (Fsp3) is 0.565. The van der Waals surface area contributed by atoms with Gasteiger partial charge in [-0.2, -0.15) is 13.2 Å². The van der Waals surface area contributed by atoms with E-state index in [2.05, 4.69) is 63.2 Å². The maximum Gasteiger partial charge on any atom is 0.401 e. The molecule has 33 heavy (non-hydrogen) atoms. The molecule has 1 aromatic carbocycles. The zero-order chi connectivity index (χ0) is 24.3. The number of nitrogens with zero attached hydrogens (tertiary/aromatic N) is 3. The molecule has 2 N–H and O–H groups in total. The Bertz CT molecular complexity index is 987. The van der Waals surface area contributed by atoms with Crippen LogP contribution in [0.4, 0.5) is 24.8 Å². The van der Waals surface area contributed by atoms with E-state index >= 15 is 0 Å². The third-order valence-electron chi connectivity index (χ3n) is 5.73. The average molecular weight is 531 g/mol. The number of aromatic carboxylic acids is 1. The van der Waals surface area contributed by atoms with Gasteiger partial charge < -0.3 is 19.9 Å². The molecule has 6 nitrogen and oxygen atoms in total. The van der Waals surface area contributed by atoms with Gasteiger partial charge in [-0.25, -0.2) is 9.78 Å². The minimum Gasteiger partial charge on any atom is -0.477 e. The van der Waals surface area contributed by atoms with Crippen LogP contribution >= 0.6 is 15.9 Å². The number of anilines is 2. The van der Waals surface area contributed by atoms with Crippen molar-refractivity contribution in [3.05, 3.63) is 39.6 Å². The summed E-state index contributed by atoms with van der Waals surface area (Å²) in [5.41, 5.74) is 3.26. The predicted molar refractivity (Wildman–Crippen MR) is 125 cm³/mol. The van der Waals surface area contributed by atoms with Crippen LogP contribution in [0.15, 0.2) is 22.7 Å². The summed E-state index contributed by atoms with van der Waals surface area (Å²) in [6.07, 6.45) is -1.26. The summed E-state index contributed by atoms with van der Waals surface area (Å²) in [5.74, 6) is 0.794. The number of carboxylic acid groups (broad SMARTS) is 1. The van der Waals surface area contributed by atoms with Crippen molar-refractivity contribution in [1.29, 1.82) is 0 Å². The molecule has 2 heterocycles. The number of aryl methyl sites for hydroxylation is 1. The maximum atomic E-state index is 11.5. The molecule has 1 aliphatic heterocycles. The zero-order valence-electron chi connectivity index (χ0n) is 19.0. The first kappa shape index (κ1) is 25.6. The van der Waals surface area contributed by atoms with Gasteiger partial charge >= 0.3 is 12.1 Å². The number of imidazole rings is 1. The summed E-state index contributed by atoms with van der Waals surface area (Å²) in [7, 11) is 0. The van der Waals surface area contributed by atoms with Gasteiger partial charge in [0.25, 0.3) is 0 Å². The van der Waals surface area contributed by atoms with Crippen LogP contribution in [0.25, 0.3) is 0 Å². The third-order valence-corrected chi connectivity index (χ3v) is 6.37. The highest BCUT2D eigenvalue weighted by molar-refractivity contribution is 9.10. The van der Waals surface area contributed by atoms with Gasteiger partial charge in [0.2, 0.25) is 5.95 Å². The molecule has 0 unspecified atom stereocenters. The molecule has 1 saturated carbocycles. The van der Waals surface area contributed by atoms with Gasteiger partial charge in [0.05, 0.1) is 17.9 Å². The van der Waals surface area contributed by atoms with Crippen LogP contribution in [-0.4, -0.2) is 46.4 Å². The van der Waals surface area contributed by atoms with Gasteiger partial charge in [-0.05, 0) is 71.3 Å². The summed E-state index contributed by atoms with van der Waals surface area (Å²) < 4.78 is 37.2. The highest BCUT2D eigenvalue weighted by atomic mass is 79.9. The lowest BCUT2D eigenvalue weighted by Crippen LogP contribution is -2.30. The molecule has 0 spiro atoms. The molecule has 1 aliphatic carbocycles. The Morgan fingerprint density at radius 1 is 1.30 bits per heavy atom. The summed E-state index contributed by atoms with van der Waals surface area (Å²) in [6.45, 7) is 7.31. The van der Waals surface area contributed by atoms with E-state index in [1.165, 1.54) is 5.56 Å². The third kappa shape index (κ3) is 6.50. The fourth-order valence-corrected chi connectivity index (χ4v) is 4.37. The summed E-state index contributed by atoms with van der Waals surface area (Å²) in [5, 5.41) is 11.8. The van der Waals surface area contributed by atoms with Crippen LogP contribution in [0.5, 0.6) is 0 Å². The van der Waals surface area contributed by atoms with Crippen LogP contribution in [0.1, 0.15) is 61.3 Å². The van der Waals surface area contributed by atoms with E-state index in [-0.39, 0.29) is 0 Å². The Labute approximate surface area is 200 Å². The Morgan fingerprint density at radius 2 is 2.00 bits per heavy atom. The number of aromatic nitrogens is 2. The smallest absolute Gasteiger partial charge is 0.401 e. The van der Waals surface area contributed by atoms with Crippen LogP contribution < -0.4 is 10.2 Å². The van der Waals surface area contributed by atoms with E-state index in [0.717, 1.165) is 35.5 Å². The van der Waals surface area contributed by atoms with Gasteiger partial charge in [0.1, 0.15) is 0 Å². The van der Waals surface area contributed by atoms with Crippen LogP contribution in [0.2, 0.25) is 0 Å². The second-order valence-electron chi connectivity index (χ2n) is 8.72. The lowest BCUT2D eigenvalue weighted by molar-refractivity contribution is -0.124. The molecule has 0 radical (unpaired) electrons. The predicted octanol–water partition coefficient (Wildman–Crippen LogP) is 5.73. The van der Waals surface area contributed by atoms with Gasteiger partial charge in [0.15, 0.2) is 5.69 Å². The van der Waals surface area contributed by atoms with Gasteiger partial charge in [-0.3, -0.25) is 0 Å². The monoisotopic (exact) mass is 530 g/mol. The van der Waals surface area contributed by atoms with Crippen molar-refractivity contribution in [3.63, 3.8) is 0 Å². The van der Waals surface area contributed by atoms with E-state index in [0.29, 0.717) is 42.7 Å². The topological polar surface area (TPSA) is 70.4 Å². The van der Waals surface area contributed by atoms with Crippen LogP contribution in [0, 0.1) is 5.92 Å². The van der Waals surface area contributed by atoms with Crippen molar-refractivity contribution in [2.75, 3.05) is 24.5 Å². The van der Waals surface area contributed by atoms with E-state index < -0.39 is 18.7 Å². The fourth-order valence-electron chi connectivity index (χ4n) is 3.76. The molecule has 4 rings (SSSR count). The van der Waals surface area contributed by atoms with E-state index in [1.807, 2.05) is 11.5 Å². The molecule has 2 aliphatic rings. The number of rotatable bonds is 7. The molecular weight excluding hydrogens is 501 g/mol. The number of fused-ring (bicyclic) bond motifs is 1. The number of hydrogen-bond donors (Lipinski definition) is 2. The summed E-state index contributed by atoms with van der Waals surface area (Å²) in [4.78, 5) is 18.2. The standard InChI is InChI=1S/C17H20BrN3O2.C6H10F3N/c1-4-13-15(16(22)23)21-8-7-20(17(21)19-13)14-6-5-11(10(2)3)9-12(14)18;7-6(8,9)4-10-3-5-1-2-5/h5-6,9-10H,4,7-8H2,1-3H3,(H,22,23);5,10H,1-4H2. The number of hydrogen-bond acceptors (Lipinski definition) is 4. The Kier molecular flexibility index (Phi) is 8.10. The van der Waals surface area contributed by atoms with Crippen LogP contribution in [0.3, 0.4) is 0 Å². The minimum atomic E-state index is -4.05. The number of benzene rings is 1. The van der Waals surface area contributed by atoms with Crippen molar-refractivity contribution < 1.29 is 23.1 Å². The Balaban J connectivity index is 0.000000257. The second-order valence-corrected chi connectivity index (χ2v) is 9.58. The van der Waals surface area contributed by atoms with Gasteiger partial charge in [-0.1, -0.05) is 26.8 Å². The highest BCUT2D eigenvalue weighted by Gasteiger charge is 2.31. The number of carbonyl (C=O) groups is 1. The van der Waals surface area contributed by atoms with E-state index in [9.17, 15) is 23.1 Å². The molecule has 0 bridgehead atoms. The van der Waals surface area contributed by atoms with Gasteiger partial charge in [-0.15, -0.1) is 0 Å². The molecule has 0 amide bonds. The molecule has 1 fully saturated rings. The lowest BCUT2D eigenvalue weighted by Gasteiger charge is -2.19. The molecule has 1 aromatic heterocycles. The average Bonchev–Trinajstić information content (AvgIpc) is 3.34. The maximum absolute atomic E-state index is 11.5. The molecule has 2 aromatic rings. The first-order chi connectivity index (χ1) is 15.5. The van der Waals surface area contributed by atoms with Crippen molar-refractivity contribution in [3.8, 4) is 0 Å². The molecule has 10 heteroatoms. The molecule has 182 valence electrons. The number of nitrogens with one attached hydrogen (secondary N) is 1. The number of halogens is 4. The van der Waals surface area contributed by atoms with Crippen molar-refractivity contribution >= 4 is 33.5 Å². The second kappa shape index (κ2) is 10.5.